The first kappa shape index (κ1) is 18.6. The number of hydrogen-bond donors (Lipinski definition) is 2. The lowest BCUT2D eigenvalue weighted by atomic mass is 10.3. The van der Waals surface area contributed by atoms with Gasteiger partial charge in [0.25, 0.3) is 0 Å². The van der Waals surface area contributed by atoms with Crippen LogP contribution in [-0.4, -0.2) is 62.3 Å². The van der Waals surface area contributed by atoms with Crippen LogP contribution >= 0.6 is 0 Å². The molecule has 0 amide bonds. The Hall–Kier alpha value is -1.40. The number of nitrogens with zero attached hydrogens (tertiary/aromatic N) is 2. The third-order valence-electron chi connectivity index (χ3n) is 2.77. The fourth-order valence-corrected chi connectivity index (χ4v) is 1.25. The Balaban J connectivity index is 3.42. The lowest BCUT2D eigenvalue weighted by molar-refractivity contribution is -0.111. The van der Waals surface area contributed by atoms with Crippen molar-refractivity contribution in [3.05, 3.63) is 0 Å². The molecule has 0 bridgehead atoms. The van der Waals surface area contributed by atoms with Gasteiger partial charge in [0, 0.05) is 40.0 Å². The number of Topliss-reactive ketones (excluding diaryl/α,β-unsaturated/α-hetero) is 2. The molecule has 0 saturated heterocycles. The highest BCUT2D eigenvalue weighted by molar-refractivity contribution is 6.38. The number of nitrogens with one attached hydrogen (secondary N) is 2. The molecule has 6 nitrogen and oxygen atoms in total. The second-order valence-electron chi connectivity index (χ2n) is 4.55. The molecular formula is C14H26N4O2. The van der Waals surface area contributed by atoms with E-state index in [9.17, 15) is 9.59 Å². The number of rotatable bonds is 11. The molecule has 0 aromatic rings. The fraction of sp³-hybridized carbons (Fsp3) is 0.714. The van der Waals surface area contributed by atoms with Gasteiger partial charge in [-0.25, -0.2) is 0 Å². The summed E-state index contributed by atoms with van der Waals surface area (Å²) in [4.78, 5) is 30.1. The summed E-state index contributed by atoms with van der Waals surface area (Å²) in [6.07, 6.45) is 0. The van der Waals surface area contributed by atoms with Crippen molar-refractivity contribution in [1.82, 2.24) is 10.6 Å². The van der Waals surface area contributed by atoms with Crippen LogP contribution in [0.1, 0.15) is 27.7 Å². The van der Waals surface area contributed by atoms with Crippen molar-refractivity contribution < 1.29 is 9.59 Å². The van der Waals surface area contributed by atoms with Gasteiger partial charge >= 0.3 is 0 Å². The number of aliphatic imine (C=N–C) groups is 2. The highest BCUT2D eigenvalue weighted by atomic mass is 16.1. The maximum absolute atomic E-state index is 10.9. The molecule has 0 unspecified atom stereocenters. The highest BCUT2D eigenvalue weighted by Gasteiger charge is 1.96. The van der Waals surface area contributed by atoms with Gasteiger partial charge in [0.2, 0.25) is 0 Å². The van der Waals surface area contributed by atoms with E-state index in [1.807, 2.05) is 0 Å². The van der Waals surface area contributed by atoms with Crippen LogP contribution in [0.2, 0.25) is 0 Å². The summed E-state index contributed by atoms with van der Waals surface area (Å²) in [6.45, 7) is 10.9. The number of carbonyl (C=O) groups is 2. The average Bonchev–Trinajstić information content (AvgIpc) is 2.39. The number of ketones is 2. The second kappa shape index (κ2) is 11.4. The van der Waals surface area contributed by atoms with Crippen LogP contribution < -0.4 is 10.6 Å². The van der Waals surface area contributed by atoms with E-state index in [1.54, 1.807) is 13.8 Å². The van der Waals surface area contributed by atoms with Gasteiger partial charge in [-0.2, -0.15) is 0 Å². The minimum atomic E-state index is 0.0214. The molecule has 0 aromatic heterocycles. The molecule has 0 saturated carbocycles. The predicted molar refractivity (Wildman–Crippen MR) is 83.1 cm³/mol. The fourth-order valence-electron chi connectivity index (χ4n) is 1.25. The highest BCUT2D eigenvalue weighted by Crippen LogP contribution is 1.80. The Morgan fingerprint density at radius 3 is 1.35 bits per heavy atom. The summed E-state index contributed by atoms with van der Waals surface area (Å²) in [5.74, 6) is 0.0427. The maximum Gasteiger partial charge on any atom is 0.173 e. The molecule has 0 rings (SSSR count). The average molecular weight is 282 g/mol. The van der Waals surface area contributed by atoms with Crippen molar-refractivity contribution in [1.29, 1.82) is 0 Å². The molecule has 0 aliphatic carbocycles. The smallest absolute Gasteiger partial charge is 0.173 e. The van der Waals surface area contributed by atoms with Gasteiger partial charge in [-0.05, 0) is 13.8 Å². The van der Waals surface area contributed by atoms with Gasteiger partial charge in [-0.3, -0.25) is 19.6 Å². The van der Waals surface area contributed by atoms with Crippen molar-refractivity contribution in [2.75, 3.05) is 39.3 Å². The zero-order chi connectivity index (χ0) is 15.4. The largest absolute Gasteiger partial charge is 0.314 e. The molecule has 114 valence electrons. The quantitative estimate of drug-likeness (QED) is 0.421. The van der Waals surface area contributed by atoms with E-state index in [1.165, 1.54) is 13.8 Å². The van der Waals surface area contributed by atoms with Crippen LogP contribution in [0.25, 0.3) is 0 Å². The van der Waals surface area contributed by atoms with E-state index >= 15 is 0 Å². The lowest BCUT2D eigenvalue weighted by Gasteiger charge is -2.04. The molecule has 0 spiro atoms. The molecule has 2 N–H and O–H groups in total. The molecule has 0 aliphatic heterocycles. The van der Waals surface area contributed by atoms with Gasteiger partial charge in [0.15, 0.2) is 11.6 Å². The zero-order valence-electron chi connectivity index (χ0n) is 13.0. The summed E-state index contributed by atoms with van der Waals surface area (Å²) in [7, 11) is 0. The molecule has 0 aliphatic rings. The molecule has 0 radical (unpaired) electrons. The van der Waals surface area contributed by atoms with Crippen LogP contribution in [0.5, 0.6) is 0 Å². The SMILES string of the molecule is CC(=O)C(C)=NCCNCCNCCN=C(C)C(C)=O. The summed E-state index contributed by atoms with van der Waals surface area (Å²) in [5, 5.41) is 6.45. The Morgan fingerprint density at radius 2 is 1.05 bits per heavy atom. The van der Waals surface area contributed by atoms with Crippen LogP contribution in [0.15, 0.2) is 9.98 Å². The van der Waals surface area contributed by atoms with Crippen LogP contribution in [0.4, 0.5) is 0 Å². The van der Waals surface area contributed by atoms with E-state index in [-0.39, 0.29) is 11.6 Å². The third-order valence-corrected chi connectivity index (χ3v) is 2.77. The monoisotopic (exact) mass is 282 g/mol. The van der Waals surface area contributed by atoms with Gasteiger partial charge in [0.05, 0.1) is 24.5 Å². The molecule has 20 heavy (non-hydrogen) atoms. The van der Waals surface area contributed by atoms with Crippen LogP contribution in [0.3, 0.4) is 0 Å². The van der Waals surface area contributed by atoms with Crippen molar-refractivity contribution >= 4 is 23.0 Å². The summed E-state index contributed by atoms with van der Waals surface area (Å²) in [6, 6.07) is 0. The first-order chi connectivity index (χ1) is 9.45. The van der Waals surface area contributed by atoms with E-state index in [4.69, 9.17) is 0 Å². The molecule has 0 heterocycles. The van der Waals surface area contributed by atoms with Gasteiger partial charge in [-0.1, -0.05) is 0 Å². The molecule has 0 fully saturated rings. The summed E-state index contributed by atoms with van der Waals surface area (Å²) >= 11 is 0. The predicted octanol–water partition coefficient (Wildman–Crippen LogP) is 0.265. The Morgan fingerprint density at radius 1 is 0.700 bits per heavy atom. The van der Waals surface area contributed by atoms with Gasteiger partial charge in [0.1, 0.15) is 0 Å². The first-order valence-corrected chi connectivity index (χ1v) is 6.90. The topological polar surface area (TPSA) is 82.9 Å². The van der Waals surface area contributed by atoms with Crippen LogP contribution in [-0.2, 0) is 9.59 Å². The summed E-state index contributed by atoms with van der Waals surface area (Å²) < 4.78 is 0. The molecule has 6 heteroatoms. The van der Waals surface area contributed by atoms with E-state index in [0.29, 0.717) is 24.5 Å². The molecular weight excluding hydrogens is 256 g/mol. The van der Waals surface area contributed by atoms with Crippen molar-refractivity contribution in [2.45, 2.75) is 27.7 Å². The van der Waals surface area contributed by atoms with E-state index in [2.05, 4.69) is 20.6 Å². The maximum atomic E-state index is 10.9. The van der Waals surface area contributed by atoms with Crippen molar-refractivity contribution in [3.63, 3.8) is 0 Å². The number of carbonyl (C=O) groups excluding carboxylic acids is 2. The minimum Gasteiger partial charge on any atom is -0.314 e. The Labute approximate surface area is 121 Å². The van der Waals surface area contributed by atoms with Crippen molar-refractivity contribution in [3.8, 4) is 0 Å². The standard InChI is InChI=1S/C14H26N4O2/c1-11(13(3)19)17-9-7-15-5-6-16-8-10-18-12(2)14(4)20/h15-16H,5-10H2,1-4H3. The third kappa shape index (κ3) is 10.5. The second-order valence-corrected chi connectivity index (χ2v) is 4.55. The molecule has 0 aromatic carbocycles. The van der Waals surface area contributed by atoms with E-state index < -0.39 is 0 Å². The van der Waals surface area contributed by atoms with Gasteiger partial charge < -0.3 is 10.6 Å². The zero-order valence-corrected chi connectivity index (χ0v) is 13.0. The molecule has 0 atom stereocenters. The first-order valence-electron chi connectivity index (χ1n) is 6.90. The van der Waals surface area contributed by atoms with Crippen LogP contribution in [0, 0.1) is 0 Å². The number of hydrogen-bond acceptors (Lipinski definition) is 6. The Kier molecular flexibility index (Phi) is 10.6. The van der Waals surface area contributed by atoms with E-state index in [0.717, 1.165) is 26.2 Å². The minimum absolute atomic E-state index is 0.0214. The normalized spacial score (nSPS) is 12.6. The van der Waals surface area contributed by atoms with Crippen molar-refractivity contribution in [2.24, 2.45) is 9.98 Å². The Bertz CT molecular complexity index is 339. The lowest BCUT2D eigenvalue weighted by Crippen LogP contribution is -2.30. The van der Waals surface area contributed by atoms with Gasteiger partial charge in [-0.15, -0.1) is 0 Å². The summed E-state index contributed by atoms with van der Waals surface area (Å²) in [5.41, 5.74) is 1.15.